The Morgan fingerprint density at radius 2 is 2.26 bits per heavy atom. The summed E-state index contributed by atoms with van der Waals surface area (Å²) in [7, 11) is 0. The van der Waals surface area contributed by atoms with E-state index in [1.165, 1.54) is 0 Å². The molecule has 2 N–H and O–H groups in total. The van der Waals surface area contributed by atoms with Gasteiger partial charge in [-0.1, -0.05) is 12.0 Å². The molecule has 0 bridgehead atoms. The van der Waals surface area contributed by atoms with Crippen LogP contribution in [0, 0.1) is 12.3 Å². The number of carbonyl (C=O) groups excluding carboxylic acids is 1. The first-order valence-corrected chi connectivity index (χ1v) is 6.47. The summed E-state index contributed by atoms with van der Waals surface area (Å²) in [4.78, 5) is 11.8. The number of anilines is 1. The molecular weight excluding hydrogens is 240 g/mol. The van der Waals surface area contributed by atoms with Gasteiger partial charge >= 0.3 is 0 Å². The number of benzene rings is 1. The Morgan fingerprint density at radius 3 is 3.00 bits per heavy atom. The largest absolute Gasteiger partial charge is 0.368 e. The Morgan fingerprint density at radius 1 is 1.47 bits per heavy atom. The van der Waals surface area contributed by atoms with E-state index < -0.39 is 0 Å². The molecule has 1 aromatic carbocycles. The lowest BCUT2D eigenvalue weighted by Crippen LogP contribution is -2.34. The number of nitrogens with one attached hydrogen (secondary N) is 2. The van der Waals surface area contributed by atoms with E-state index in [1.807, 2.05) is 18.2 Å². The zero-order valence-electron chi connectivity index (χ0n) is 10.8. The molecule has 0 aliphatic carbocycles. The van der Waals surface area contributed by atoms with Gasteiger partial charge in [-0.2, -0.15) is 0 Å². The predicted octanol–water partition coefficient (Wildman–Crippen LogP) is 1.37. The lowest BCUT2D eigenvalue weighted by atomic mass is 10.1. The number of hydrogen-bond donors (Lipinski definition) is 2. The molecule has 0 saturated carbocycles. The molecule has 1 heterocycles. The maximum Gasteiger partial charge on any atom is 0.250 e. The molecule has 1 aliphatic rings. The quantitative estimate of drug-likeness (QED) is 0.802. The number of amides is 1. The van der Waals surface area contributed by atoms with Gasteiger partial charge in [0.15, 0.2) is 0 Å². The molecule has 0 radical (unpaired) electrons. The Bertz CT molecular complexity index is 473. The third-order valence-corrected chi connectivity index (χ3v) is 3.05. The SMILES string of the molecule is C#Cc1cccc(NC(=O)COC2CCNCC2)c1. The number of piperidine rings is 1. The Kier molecular flexibility index (Phi) is 4.96. The van der Waals surface area contributed by atoms with E-state index in [-0.39, 0.29) is 18.6 Å². The molecular formula is C15H18N2O2. The van der Waals surface area contributed by atoms with Gasteiger partial charge in [-0.15, -0.1) is 6.42 Å². The molecule has 1 amide bonds. The first kappa shape index (κ1) is 13.6. The Labute approximate surface area is 113 Å². The summed E-state index contributed by atoms with van der Waals surface area (Å²) >= 11 is 0. The van der Waals surface area contributed by atoms with Crippen molar-refractivity contribution in [1.82, 2.24) is 5.32 Å². The molecule has 4 heteroatoms. The van der Waals surface area contributed by atoms with Crippen molar-refractivity contribution < 1.29 is 9.53 Å². The Hall–Kier alpha value is -1.83. The average Bonchev–Trinajstić information content (AvgIpc) is 2.46. The average molecular weight is 258 g/mol. The summed E-state index contributed by atoms with van der Waals surface area (Å²) in [6.45, 7) is 2.00. The third-order valence-electron chi connectivity index (χ3n) is 3.05. The Balaban J connectivity index is 1.78. The van der Waals surface area contributed by atoms with Crippen molar-refractivity contribution in [2.45, 2.75) is 18.9 Å². The summed E-state index contributed by atoms with van der Waals surface area (Å²) in [5, 5.41) is 6.04. The van der Waals surface area contributed by atoms with Crippen LogP contribution in [-0.2, 0) is 9.53 Å². The summed E-state index contributed by atoms with van der Waals surface area (Å²) in [6.07, 6.45) is 7.41. The molecule has 1 fully saturated rings. The van der Waals surface area contributed by atoms with Crippen LogP contribution in [0.2, 0.25) is 0 Å². The van der Waals surface area contributed by atoms with Crippen LogP contribution in [0.15, 0.2) is 24.3 Å². The number of ether oxygens (including phenoxy) is 1. The summed E-state index contributed by atoms with van der Waals surface area (Å²) in [6, 6.07) is 7.21. The molecule has 19 heavy (non-hydrogen) atoms. The van der Waals surface area contributed by atoms with Crippen molar-refractivity contribution in [3.05, 3.63) is 29.8 Å². The van der Waals surface area contributed by atoms with Crippen molar-refractivity contribution in [3.8, 4) is 12.3 Å². The fraction of sp³-hybridized carbons (Fsp3) is 0.400. The monoisotopic (exact) mass is 258 g/mol. The fourth-order valence-electron chi connectivity index (χ4n) is 2.04. The molecule has 1 aromatic rings. The summed E-state index contributed by atoms with van der Waals surface area (Å²) in [5.74, 6) is 2.39. The lowest BCUT2D eigenvalue weighted by molar-refractivity contribution is -0.123. The number of hydrogen-bond acceptors (Lipinski definition) is 3. The fourth-order valence-corrected chi connectivity index (χ4v) is 2.04. The van der Waals surface area contributed by atoms with E-state index in [0.717, 1.165) is 31.5 Å². The highest BCUT2D eigenvalue weighted by atomic mass is 16.5. The molecule has 0 spiro atoms. The molecule has 100 valence electrons. The van der Waals surface area contributed by atoms with E-state index in [0.29, 0.717) is 5.69 Å². The summed E-state index contributed by atoms with van der Waals surface area (Å²) < 4.78 is 5.58. The second-order valence-corrected chi connectivity index (χ2v) is 4.53. The van der Waals surface area contributed by atoms with Crippen LogP contribution in [-0.4, -0.2) is 31.7 Å². The van der Waals surface area contributed by atoms with E-state index in [4.69, 9.17) is 11.2 Å². The molecule has 4 nitrogen and oxygen atoms in total. The van der Waals surface area contributed by atoms with Gasteiger partial charge in [0.05, 0.1) is 6.10 Å². The zero-order chi connectivity index (χ0) is 13.5. The second kappa shape index (κ2) is 6.93. The molecule has 1 aliphatic heterocycles. The molecule has 0 unspecified atom stereocenters. The van der Waals surface area contributed by atoms with Crippen LogP contribution in [0.4, 0.5) is 5.69 Å². The van der Waals surface area contributed by atoms with Gasteiger partial charge in [-0.3, -0.25) is 4.79 Å². The van der Waals surface area contributed by atoms with Gasteiger partial charge in [0.25, 0.3) is 0 Å². The maximum atomic E-state index is 11.8. The normalized spacial score (nSPS) is 15.7. The standard InChI is InChI=1S/C15H18N2O2/c1-2-12-4-3-5-13(10-12)17-15(18)11-19-14-6-8-16-9-7-14/h1,3-5,10,14,16H,6-9,11H2,(H,17,18). The van der Waals surface area contributed by atoms with Crippen molar-refractivity contribution >= 4 is 11.6 Å². The number of terminal acetylenes is 1. The molecule has 2 rings (SSSR count). The van der Waals surface area contributed by atoms with Gasteiger partial charge in [0, 0.05) is 11.3 Å². The highest BCUT2D eigenvalue weighted by Gasteiger charge is 2.14. The van der Waals surface area contributed by atoms with Gasteiger partial charge < -0.3 is 15.4 Å². The number of rotatable bonds is 4. The van der Waals surface area contributed by atoms with Crippen molar-refractivity contribution in [1.29, 1.82) is 0 Å². The van der Waals surface area contributed by atoms with Crippen LogP contribution in [0.3, 0.4) is 0 Å². The van der Waals surface area contributed by atoms with Gasteiger partial charge in [-0.25, -0.2) is 0 Å². The maximum absolute atomic E-state index is 11.8. The van der Waals surface area contributed by atoms with Crippen molar-refractivity contribution in [3.63, 3.8) is 0 Å². The molecule has 0 atom stereocenters. The van der Waals surface area contributed by atoms with Gasteiger partial charge in [0.1, 0.15) is 6.61 Å². The third kappa shape index (κ3) is 4.40. The van der Waals surface area contributed by atoms with E-state index in [1.54, 1.807) is 6.07 Å². The van der Waals surface area contributed by atoms with Crippen molar-refractivity contribution in [2.24, 2.45) is 0 Å². The van der Waals surface area contributed by atoms with Crippen molar-refractivity contribution in [2.75, 3.05) is 25.0 Å². The van der Waals surface area contributed by atoms with Crippen LogP contribution in [0.5, 0.6) is 0 Å². The van der Waals surface area contributed by atoms with E-state index in [2.05, 4.69) is 16.6 Å². The zero-order valence-corrected chi connectivity index (χ0v) is 10.8. The van der Waals surface area contributed by atoms with E-state index >= 15 is 0 Å². The smallest absolute Gasteiger partial charge is 0.250 e. The molecule has 0 aromatic heterocycles. The van der Waals surface area contributed by atoms with Gasteiger partial charge in [-0.05, 0) is 44.1 Å². The minimum Gasteiger partial charge on any atom is -0.368 e. The first-order valence-electron chi connectivity index (χ1n) is 6.47. The lowest BCUT2D eigenvalue weighted by Gasteiger charge is -2.22. The number of carbonyl (C=O) groups is 1. The highest BCUT2D eigenvalue weighted by molar-refractivity contribution is 5.91. The molecule has 1 saturated heterocycles. The van der Waals surface area contributed by atoms with Crippen LogP contribution < -0.4 is 10.6 Å². The summed E-state index contributed by atoms with van der Waals surface area (Å²) in [5.41, 5.74) is 1.45. The minimum absolute atomic E-state index is 0.0882. The highest BCUT2D eigenvalue weighted by Crippen LogP contribution is 2.10. The first-order chi connectivity index (χ1) is 9.28. The van der Waals surface area contributed by atoms with Gasteiger partial charge in [0.2, 0.25) is 5.91 Å². The minimum atomic E-state index is -0.146. The van der Waals surface area contributed by atoms with Crippen LogP contribution in [0.1, 0.15) is 18.4 Å². The predicted molar refractivity (Wildman–Crippen MR) is 74.9 cm³/mol. The van der Waals surface area contributed by atoms with Crippen LogP contribution in [0.25, 0.3) is 0 Å². The second-order valence-electron chi connectivity index (χ2n) is 4.53. The van der Waals surface area contributed by atoms with E-state index in [9.17, 15) is 4.79 Å². The topological polar surface area (TPSA) is 50.4 Å². The van der Waals surface area contributed by atoms with Crippen LogP contribution >= 0.6 is 0 Å².